The number of carbonyl (C=O) groups excluding carboxylic acids is 3. The smallest absolute Gasteiger partial charge is 0.139 e. The third-order valence-corrected chi connectivity index (χ3v) is 9.25. The molecule has 7 heteroatoms. The van der Waals surface area contributed by atoms with Crippen molar-refractivity contribution in [1.29, 1.82) is 0 Å². The van der Waals surface area contributed by atoms with Crippen molar-refractivity contribution in [1.82, 2.24) is 0 Å². The summed E-state index contributed by atoms with van der Waals surface area (Å²) in [5.41, 5.74) is 0. The van der Waals surface area contributed by atoms with Crippen LogP contribution in [0.15, 0.2) is 0 Å². The van der Waals surface area contributed by atoms with Gasteiger partial charge in [-0.1, -0.05) is 156 Å². The number of aliphatic hydroxyl groups excluding tert-OH is 4. The lowest BCUT2D eigenvalue weighted by atomic mass is 9.78. The van der Waals surface area contributed by atoms with Gasteiger partial charge in [0, 0.05) is 31.3 Å². The van der Waals surface area contributed by atoms with Crippen molar-refractivity contribution in [3.63, 3.8) is 0 Å². The fourth-order valence-corrected chi connectivity index (χ4v) is 4.21. The number of aliphatic hydroxyl groups is 4. The van der Waals surface area contributed by atoms with Gasteiger partial charge in [-0.2, -0.15) is 0 Å². The van der Waals surface area contributed by atoms with E-state index in [4.69, 9.17) is 20.4 Å². The van der Waals surface area contributed by atoms with Crippen LogP contribution in [0.2, 0.25) is 0 Å². The van der Waals surface area contributed by atoms with Gasteiger partial charge in [-0.25, -0.2) is 0 Å². The maximum atomic E-state index is 11.6. The van der Waals surface area contributed by atoms with Gasteiger partial charge in [-0.15, -0.1) is 0 Å². The zero-order valence-electron chi connectivity index (χ0n) is 40.7. The van der Waals surface area contributed by atoms with Crippen LogP contribution >= 0.6 is 0 Å². The van der Waals surface area contributed by atoms with Gasteiger partial charge in [0.1, 0.15) is 18.4 Å². The molecule has 0 spiro atoms. The SMILES string of the molecule is CCC.CCC(C)CC.CCC(C)CC(O)CC.CCC(C)CC(O)CC.CCC(O)CC.CCC1CCCC(CC)C1=O.CCC=O.CCC=O.CCO. The second-order valence-electron chi connectivity index (χ2n) is 14.7. The summed E-state index contributed by atoms with van der Waals surface area (Å²) >= 11 is 0. The number of carbonyl (C=O) groups is 3. The fourth-order valence-electron chi connectivity index (χ4n) is 4.21. The van der Waals surface area contributed by atoms with Crippen molar-refractivity contribution in [3.8, 4) is 0 Å². The molecule has 340 valence electrons. The normalized spacial score (nSPS) is 15.9. The quantitative estimate of drug-likeness (QED) is 0.114. The van der Waals surface area contributed by atoms with Crippen LogP contribution in [0, 0.1) is 29.6 Å². The van der Waals surface area contributed by atoms with Crippen LogP contribution in [-0.4, -0.2) is 63.7 Å². The molecule has 0 heterocycles. The van der Waals surface area contributed by atoms with Gasteiger partial charge < -0.3 is 30.0 Å². The van der Waals surface area contributed by atoms with E-state index < -0.39 is 0 Å². The summed E-state index contributed by atoms with van der Waals surface area (Å²) < 4.78 is 0. The standard InChI is InChI=1S/C10H18O.2C8H18O.C6H14.C5H12O.2C3H6O.C3H8.C2H6O/c1-3-8-6-5-7-9(4-2)10(8)11;2*1-4-7(3)6-8(9)5-2;1-4-6(3)5-2;1-3-5(6)4-2;2*1-2-3-4;1-3-2;1-2-3/h8-9H,3-7H2,1-2H3;2*7-9H,4-6H2,1-3H3;6H,4-5H2,1-3H3;5-6H,3-4H2,1-2H3;2*3H,2H2,1H3;3H2,1-2H3;3H,2H2,1H3. The molecule has 4 N–H and O–H groups in total. The lowest BCUT2D eigenvalue weighted by Gasteiger charge is -2.25. The van der Waals surface area contributed by atoms with E-state index in [2.05, 4.69) is 76.2 Å². The fraction of sp³-hybridized carbons (Fsp3) is 0.938. The van der Waals surface area contributed by atoms with Crippen molar-refractivity contribution in [3.05, 3.63) is 0 Å². The highest BCUT2D eigenvalue weighted by atomic mass is 16.3. The molecule has 1 fully saturated rings. The molecule has 6 atom stereocenters. The van der Waals surface area contributed by atoms with Crippen molar-refractivity contribution < 1.29 is 34.8 Å². The van der Waals surface area contributed by atoms with E-state index in [1.165, 1.54) is 38.5 Å². The number of aldehydes is 2. The van der Waals surface area contributed by atoms with E-state index in [1.54, 1.807) is 6.92 Å². The molecule has 7 nitrogen and oxygen atoms in total. The Bertz CT molecular complexity index is 582. The average molecular weight is 795 g/mol. The van der Waals surface area contributed by atoms with Gasteiger partial charge >= 0.3 is 0 Å². The van der Waals surface area contributed by atoms with Crippen molar-refractivity contribution >= 4 is 18.4 Å². The van der Waals surface area contributed by atoms with Crippen LogP contribution in [0.5, 0.6) is 0 Å². The Kier molecular flexibility index (Phi) is 84.2. The number of hydrogen-bond donors (Lipinski definition) is 4. The number of hydrogen-bond acceptors (Lipinski definition) is 7. The monoisotopic (exact) mass is 795 g/mol. The Labute approximate surface area is 347 Å². The molecule has 0 bridgehead atoms. The highest BCUT2D eigenvalue weighted by Crippen LogP contribution is 2.29. The summed E-state index contributed by atoms with van der Waals surface area (Å²) in [4.78, 5) is 29.9. The molecule has 0 aromatic rings. The summed E-state index contributed by atoms with van der Waals surface area (Å²) in [7, 11) is 0. The van der Waals surface area contributed by atoms with Gasteiger partial charge in [-0.05, 0) is 88.9 Å². The Morgan fingerprint density at radius 3 is 0.873 bits per heavy atom. The first-order chi connectivity index (χ1) is 26.0. The van der Waals surface area contributed by atoms with E-state index in [1.807, 2.05) is 41.5 Å². The van der Waals surface area contributed by atoms with E-state index in [0.717, 1.165) is 82.7 Å². The van der Waals surface area contributed by atoms with Crippen LogP contribution < -0.4 is 0 Å². The van der Waals surface area contributed by atoms with Crippen LogP contribution in [0.1, 0.15) is 240 Å². The predicted molar refractivity (Wildman–Crippen MR) is 245 cm³/mol. The minimum atomic E-state index is -0.0695. The second-order valence-corrected chi connectivity index (χ2v) is 14.7. The van der Waals surface area contributed by atoms with Gasteiger partial charge in [0.15, 0.2) is 0 Å². The van der Waals surface area contributed by atoms with Crippen LogP contribution in [0.3, 0.4) is 0 Å². The van der Waals surface area contributed by atoms with Crippen LogP contribution in [-0.2, 0) is 14.4 Å². The first-order valence-electron chi connectivity index (χ1n) is 23.0. The van der Waals surface area contributed by atoms with Crippen LogP contribution in [0.4, 0.5) is 0 Å². The first-order valence-corrected chi connectivity index (χ1v) is 23.0. The van der Waals surface area contributed by atoms with Crippen LogP contribution in [0.25, 0.3) is 0 Å². The van der Waals surface area contributed by atoms with E-state index in [-0.39, 0.29) is 24.9 Å². The number of rotatable bonds is 16. The molecule has 0 aromatic heterocycles. The van der Waals surface area contributed by atoms with Gasteiger partial charge in [0.05, 0.1) is 18.3 Å². The molecule has 0 saturated heterocycles. The third kappa shape index (κ3) is 74.4. The lowest BCUT2D eigenvalue weighted by molar-refractivity contribution is -0.129. The molecule has 1 rings (SSSR count). The summed E-state index contributed by atoms with van der Waals surface area (Å²) in [6.45, 7) is 37.5. The molecule has 6 unspecified atom stereocenters. The minimum absolute atomic E-state index is 0.0648. The van der Waals surface area contributed by atoms with E-state index >= 15 is 0 Å². The zero-order valence-corrected chi connectivity index (χ0v) is 40.7. The molecule has 1 saturated carbocycles. The Balaban J connectivity index is -0.0000000781. The highest BCUT2D eigenvalue weighted by molar-refractivity contribution is 5.83. The number of ketones is 1. The predicted octanol–water partition coefficient (Wildman–Crippen LogP) is 13.4. The summed E-state index contributed by atoms with van der Waals surface area (Å²) in [6.07, 6.45) is 20.2. The van der Waals surface area contributed by atoms with Crippen molar-refractivity contribution in [2.24, 2.45) is 29.6 Å². The molecular weight excluding hydrogens is 689 g/mol. The summed E-state index contributed by atoms with van der Waals surface area (Å²) in [6, 6.07) is 0. The van der Waals surface area contributed by atoms with E-state index in [9.17, 15) is 14.4 Å². The molecule has 0 amide bonds. The Hall–Kier alpha value is -1.15. The third-order valence-electron chi connectivity index (χ3n) is 9.25. The maximum Gasteiger partial charge on any atom is 0.139 e. The maximum absolute atomic E-state index is 11.6. The Morgan fingerprint density at radius 1 is 0.509 bits per heavy atom. The summed E-state index contributed by atoms with van der Waals surface area (Å²) in [5, 5.41) is 34.6. The Morgan fingerprint density at radius 2 is 0.745 bits per heavy atom. The average Bonchev–Trinajstić information content (AvgIpc) is 3.21. The molecule has 0 radical (unpaired) electrons. The summed E-state index contributed by atoms with van der Waals surface area (Å²) in [5.74, 6) is 3.63. The molecule has 55 heavy (non-hydrogen) atoms. The van der Waals surface area contributed by atoms with Crippen molar-refractivity contribution in [2.45, 2.75) is 259 Å². The molecule has 0 aliphatic heterocycles. The lowest BCUT2D eigenvalue weighted by Crippen LogP contribution is -2.27. The molecule has 1 aliphatic carbocycles. The largest absolute Gasteiger partial charge is 0.397 e. The topological polar surface area (TPSA) is 132 Å². The second kappa shape index (κ2) is 64.7. The molecule has 0 aromatic carbocycles. The first kappa shape index (κ1) is 71.5. The van der Waals surface area contributed by atoms with Crippen molar-refractivity contribution in [2.75, 3.05) is 6.61 Å². The van der Waals surface area contributed by atoms with Gasteiger partial charge in [0.2, 0.25) is 0 Å². The van der Waals surface area contributed by atoms with Gasteiger partial charge in [-0.3, -0.25) is 4.79 Å². The minimum Gasteiger partial charge on any atom is -0.397 e. The van der Waals surface area contributed by atoms with E-state index in [0.29, 0.717) is 42.3 Å². The highest BCUT2D eigenvalue weighted by Gasteiger charge is 2.28. The zero-order chi connectivity index (χ0) is 45.0. The van der Waals surface area contributed by atoms with Gasteiger partial charge in [0.25, 0.3) is 0 Å². The molecular formula is C48H106O7. The number of Topliss-reactive ketones (excluding diaryl/α,β-unsaturated/α-hetero) is 1. The molecule has 1 aliphatic rings.